The van der Waals surface area contributed by atoms with Crippen LogP contribution in [0.5, 0.6) is 5.75 Å². The van der Waals surface area contributed by atoms with E-state index >= 15 is 0 Å². The Bertz CT molecular complexity index is 1010. The SMILES string of the molecule is COc1ccc2c(c1C)CCC/C2=N/OC(=O)c1cc([N+](=O)[O-])cc([N+](=O)[O-])c1. The number of methoxy groups -OCH3 is 1. The van der Waals surface area contributed by atoms with Crippen LogP contribution in [-0.2, 0) is 11.3 Å². The van der Waals surface area contributed by atoms with Crippen molar-refractivity contribution in [2.75, 3.05) is 7.11 Å². The molecule has 2 aromatic rings. The zero-order chi connectivity index (χ0) is 21.1. The van der Waals surface area contributed by atoms with Crippen molar-refractivity contribution in [2.45, 2.75) is 26.2 Å². The number of hydrogen-bond donors (Lipinski definition) is 0. The molecule has 0 saturated heterocycles. The number of rotatable bonds is 5. The Hall–Kier alpha value is -3.82. The van der Waals surface area contributed by atoms with E-state index in [0.717, 1.165) is 53.5 Å². The first-order valence-electron chi connectivity index (χ1n) is 8.70. The second kappa shape index (κ2) is 8.05. The van der Waals surface area contributed by atoms with Gasteiger partial charge in [0.2, 0.25) is 0 Å². The van der Waals surface area contributed by atoms with Crippen LogP contribution in [0, 0.1) is 27.2 Å². The monoisotopic (exact) mass is 399 g/mol. The predicted molar refractivity (Wildman–Crippen MR) is 102 cm³/mol. The fourth-order valence-corrected chi connectivity index (χ4v) is 3.28. The lowest BCUT2D eigenvalue weighted by atomic mass is 9.87. The third-order valence-electron chi connectivity index (χ3n) is 4.72. The largest absolute Gasteiger partial charge is 0.496 e. The molecule has 150 valence electrons. The van der Waals surface area contributed by atoms with Gasteiger partial charge in [-0.05, 0) is 49.4 Å². The van der Waals surface area contributed by atoms with Gasteiger partial charge in [-0.25, -0.2) is 4.79 Å². The van der Waals surface area contributed by atoms with E-state index in [1.807, 2.05) is 13.0 Å². The molecule has 0 saturated carbocycles. The highest BCUT2D eigenvalue weighted by Gasteiger charge is 2.23. The molecule has 2 aromatic carbocycles. The minimum absolute atomic E-state index is 0.322. The summed E-state index contributed by atoms with van der Waals surface area (Å²) in [5.74, 6) is -0.257. The quantitative estimate of drug-likeness (QED) is 0.425. The van der Waals surface area contributed by atoms with Gasteiger partial charge in [-0.2, -0.15) is 0 Å². The van der Waals surface area contributed by atoms with Crippen LogP contribution < -0.4 is 4.74 Å². The molecule has 0 aromatic heterocycles. The van der Waals surface area contributed by atoms with Gasteiger partial charge >= 0.3 is 5.97 Å². The van der Waals surface area contributed by atoms with Gasteiger partial charge in [0.25, 0.3) is 11.4 Å². The highest BCUT2D eigenvalue weighted by molar-refractivity contribution is 6.03. The van der Waals surface area contributed by atoms with E-state index in [4.69, 9.17) is 9.57 Å². The van der Waals surface area contributed by atoms with Crippen molar-refractivity contribution in [3.8, 4) is 5.75 Å². The van der Waals surface area contributed by atoms with Crippen LogP contribution in [0.3, 0.4) is 0 Å². The Kier molecular flexibility index (Phi) is 5.53. The highest BCUT2D eigenvalue weighted by Crippen LogP contribution is 2.31. The maximum atomic E-state index is 12.3. The summed E-state index contributed by atoms with van der Waals surface area (Å²) in [7, 11) is 1.59. The molecule has 0 amide bonds. The van der Waals surface area contributed by atoms with Gasteiger partial charge < -0.3 is 9.57 Å². The summed E-state index contributed by atoms with van der Waals surface area (Å²) < 4.78 is 5.33. The van der Waals surface area contributed by atoms with Gasteiger partial charge in [-0.15, -0.1) is 0 Å². The number of carbonyl (C=O) groups is 1. The predicted octanol–water partition coefficient (Wildman–Crippen LogP) is 3.72. The summed E-state index contributed by atoms with van der Waals surface area (Å²) >= 11 is 0. The van der Waals surface area contributed by atoms with Crippen molar-refractivity contribution in [1.29, 1.82) is 0 Å². The van der Waals surface area contributed by atoms with Gasteiger partial charge in [0, 0.05) is 17.7 Å². The Balaban J connectivity index is 1.90. The van der Waals surface area contributed by atoms with Crippen molar-refractivity contribution in [1.82, 2.24) is 0 Å². The van der Waals surface area contributed by atoms with Crippen LogP contribution in [0.1, 0.15) is 39.9 Å². The number of ether oxygens (including phenoxy) is 1. The zero-order valence-electron chi connectivity index (χ0n) is 15.7. The number of carbonyl (C=O) groups excluding carboxylic acids is 1. The normalized spacial score (nSPS) is 14.2. The standard InChI is InChI=1S/C19H17N3O7/c1-11-15-4-3-5-17(16(15)6-7-18(11)28-2)20-29-19(23)12-8-13(21(24)25)10-14(9-12)22(26)27/h6-10H,3-5H2,1-2H3/b20-17-. The summed E-state index contributed by atoms with van der Waals surface area (Å²) in [5.41, 5.74) is 1.96. The minimum atomic E-state index is -1.01. The summed E-state index contributed by atoms with van der Waals surface area (Å²) in [4.78, 5) is 37.6. The molecule has 0 heterocycles. The van der Waals surface area contributed by atoms with E-state index in [2.05, 4.69) is 5.16 Å². The third-order valence-corrected chi connectivity index (χ3v) is 4.72. The number of benzene rings is 2. The van der Waals surface area contributed by atoms with E-state index in [1.54, 1.807) is 13.2 Å². The molecule has 10 nitrogen and oxygen atoms in total. The Morgan fingerprint density at radius 2 is 1.72 bits per heavy atom. The van der Waals surface area contributed by atoms with Crippen molar-refractivity contribution >= 4 is 23.1 Å². The molecule has 0 spiro atoms. The van der Waals surface area contributed by atoms with Crippen LogP contribution in [0.15, 0.2) is 35.5 Å². The molecule has 0 atom stereocenters. The van der Waals surface area contributed by atoms with E-state index in [9.17, 15) is 25.0 Å². The number of nitro groups is 2. The maximum Gasteiger partial charge on any atom is 0.366 e. The molecule has 0 fully saturated rings. The number of fused-ring (bicyclic) bond motifs is 1. The van der Waals surface area contributed by atoms with Crippen LogP contribution >= 0.6 is 0 Å². The summed E-state index contributed by atoms with van der Waals surface area (Å²) in [6.07, 6.45) is 2.23. The minimum Gasteiger partial charge on any atom is -0.496 e. The van der Waals surface area contributed by atoms with Crippen LogP contribution in [0.2, 0.25) is 0 Å². The van der Waals surface area contributed by atoms with Crippen LogP contribution in [0.4, 0.5) is 11.4 Å². The van der Waals surface area contributed by atoms with Gasteiger partial charge in [0.15, 0.2) is 0 Å². The lowest BCUT2D eigenvalue weighted by Gasteiger charge is -2.20. The number of non-ortho nitro benzene ring substituents is 2. The molecule has 0 radical (unpaired) electrons. The van der Waals surface area contributed by atoms with E-state index in [0.29, 0.717) is 12.1 Å². The second-order valence-corrected chi connectivity index (χ2v) is 6.44. The van der Waals surface area contributed by atoms with E-state index in [1.165, 1.54) is 0 Å². The van der Waals surface area contributed by atoms with Crippen molar-refractivity contribution in [3.05, 3.63) is 72.8 Å². The topological polar surface area (TPSA) is 134 Å². The van der Waals surface area contributed by atoms with Crippen LogP contribution in [-0.4, -0.2) is 28.6 Å². The lowest BCUT2D eigenvalue weighted by molar-refractivity contribution is -0.394. The maximum absolute atomic E-state index is 12.3. The van der Waals surface area contributed by atoms with Crippen molar-refractivity contribution in [3.63, 3.8) is 0 Å². The van der Waals surface area contributed by atoms with E-state index in [-0.39, 0.29) is 5.56 Å². The van der Waals surface area contributed by atoms with Gasteiger partial charge in [0.1, 0.15) is 5.75 Å². The van der Waals surface area contributed by atoms with Crippen molar-refractivity contribution in [2.24, 2.45) is 5.16 Å². The molecular weight excluding hydrogens is 382 g/mol. The molecule has 0 N–H and O–H groups in total. The first-order chi connectivity index (χ1) is 13.8. The summed E-state index contributed by atoms with van der Waals surface area (Å²) in [5, 5.41) is 25.9. The van der Waals surface area contributed by atoms with Gasteiger partial charge in [-0.3, -0.25) is 20.2 Å². The smallest absolute Gasteiger partial charge is 0.366 e. The summed E-state index contributed by atoms with van der Waals surface area (Å²) in [6, 6.07) is 6.25. The van der Waals surface area contributed by atoms with E-state index < -0.39 is 27.2 Å². The summed E-state index contributed by atoms with van der Waals surface area (Å²) in [6.45, 7) is 1.94. The molecule has 0 unspecified atom stereocenters. The number of oxime groups is 1. The van der Waals surface area contributed by atoms with Crippen LogP contribution in [0.25, 0.3) is 0 Å². The fourth-order valence-electron chi connectivity index (χ4n) is 3.28. The molecule has 29 heavy (non-hydrogen) atoms. The molecule has 3 rings (SSSR count). The average Bonchev–Trinajstić information content (AvgIpc) is 2.72. The Labute approximate surface area is 165 Å². The Morgan fingerprint density at radius 1 is 1.07 bits per heavy atom. The molecular formula is C19H17N3O7. The molecule has 0 bridgehead atoms. The highest BCUT2D eigenvalue weighted by atomic mass is 16.7. The fraction of sp³-hybridized carbons (Fsp3) is 0.263. The zero-order valence-corrected chi connectivity index (χ0v) is 15.7. The van der Waals surface area contributed by atoms with Gasteiger partial charge in [-0.1, -0.05) is 5.16 Å². The number of nitrogens with zero attached hydrogens (tertiary/aromatic N) is 3. The molecule has 1 aliphatic rings. The average molecular weight is 399 g/mol. The second-order valence-electron chi connectivity index (χ2n) is 6.44. The molecule has 10 heteroatoms. The first kappa shape index (κ1) is 19.9. The van der Waals surface area contributed by atoms with Gasteiger partial charge in [0.05, 0.1) is 34.3 Å². The molecule has 0 aliphatic heterocycles. The molecule has 1 aliphatic carbocycles. The Morgan fingerprint density at radius 3 is 2.31 bits per heavy atom. The first-order valence-corrected chi connectivity index (χ1v) is 8.70. The third kappa shape index (κ3) is 4.05. The van der Waals surface area contributed by atoms with Crippen molar-refractivity contribution < 1.29 is 24.2 Å². The lowest BCUT2D eigenvalue weighted by Crippen LogP contribution is -2.15. The number of hydrogen-bond acceptors (Lipinski definition) is 8. The number of nitro benzene ring substituents is 2.